The van der Waals surface area contributed by atoms with Crippen LogP contribution in [0.25, 0.3) is 0 Å². The number of carbonyl (C=O) groups is 1. The Kier molecular flexibility index (Phi) is 6.21. The maximum atomic E-state index is 12.4. The monoisotopic (exact) mass is 440 g/mol. The van der Waals surface area contributed by atoms with Crippen LogP contribution in [0.5, 0.6) is 5.75 Å². The summed E-state index contributed by atoms with van der Waals surface area (Å²) in [6.45, 7) is 1.95. The smallest absolute Gasteiger partial charge is 0.266 e. The number of hydrogen-bond donors (Lipinski definition) is 2. The van der Waals surface area contributed by atoms with Crippen molar-refractivity contribution in [3.05, 3.63) is 88.4 Å². The first-order chi connectivity index (χ1) is 13.0. The van der Waals surface area contributed by atoms with Gasteiger partial charge >= 0.3 is 0 Å². The molecule has 3 aromatic carbocycles. The summed E-state index contributed by atoms with van der Waals surface area (Å²) in [6.07, 6.45) is 0. The Bertz CT molecular complexity index is 957. The van der Waals surface area contributed by atoms with Crippen LogP contribution in [-0.2, 0) is 0 Å². The molecule has 0 aliphatic carbocycles. The van der Waals surface area contributed by atoms with Gasteiger partial charge in [0, 0.05) is 21.4 Å². The number of nitrogens with one attached hydrogen (secondary N) is 2. The van der Waals surface area contributed by atoms with Crippen molar-refractivity contribution in [2.45, 2.75) is 6.92 Å². The molecule has 0 saturated carbocycles. The van der Waals surface area contributed by atoms with Crippen molar-refractivity contribution in [2.75, 3.05) is 10.6 Å². The van der Waals surface area contributed by atoms with Gasteiger partial charge in [0.15, 0.2) is 0 Å². The zero-order chi connectivity index (χ0) is 19.2. The molecule has 1 amide bonds. The van der Waals surface area contributed by atoms with Crippen molar-refractivity contribution in [2.24, 2.45) is 0 Å². The van der Waals surface area contributed by atoms with E-state index in [1.165, 1.54) is 0 Å². The molecule has 0 fully saturated rings. The quantitative estimate of drug-likeness (QED) is 0.504. The van der Waals surface area contributed by atoms with E-state index in [1.807, 2.05) is 55.5 Å². The van der Waals surface area contributed by atoms with Gasteiger partial charge in [0.05, 0.1) is 0 Å². The fourth-order valence-corrected chi connectivity index (χ4v) is 2.84. The topological polar surface area (TPSA) is 50.4 Å². The molecule has 0 aliphatic rings. The molecule has 0 heterocycles. The lowest BCUT2D eigenvalue weighted by molar-refractivity contribution is 0.102. The first-order valence-electron chi connectivity index (χ1n) is 8.23. The van der Waals surface area contributed by atoms with Gasteiger partial charge in [0.2, 0.25) is 0 Å². The lowest BCUT2D eigenvalue weighted by atomic mass is 10.1. The summed E-state index contributed by atoms with van der Waals surface area (Å²) >= 11 is 8.60. The van der Waals surface area contributed by atoms with E-state index in [2.05, 4.69) is 26.6 Å². The number of anilines is 2. The first-order valence-corrected chi connectivity index (χ1v) is 9.43. The molecular weight excluding hydrogens is 424 g/mol. The minimum atomic E-state index is -0.175. The van der Waals surface area contributed by atoms with Gasteiger partial charge < -0.3 is 15.4 Å². The van der Waals surface area contributed by atoms with Gasteiger partial charge in [0.25, 0.3) is 11.1 Å². The number of para-hydroxylation sites is 1. The maximum Gasteiger partial charge on any atom is 0.266 e. The summed E-state index contributed by atoms with van der Waals surface area (Å²) in [5, 5.41) is 6.14. The van der Waals surface area contributed by atoms with Crippen LogP contribution >= 0.6 is 28.1 Å². The summed E-state index contributed by atoms with van der Waals surface area (Å²) in [4.78, 5) is 12.4. The minimum absolute atomic E-state index is 0.175. The standard InChI is InChI=1S/C21H17BrN2O2S/c1-14-4-2-3-5-19(14)24-20(25)15-6-12-18(13-7-15)26-21(27)23-17-10-8-16(22)9-11-17/h2-13H,1H3,(H,23,27)(H,24,25). The average Bonchev–Trinajstić information content (AvgIpc) is 2.66. The number of aryl methyl sites for hydroxylation is 1. The Morgan fingerprint density at radius 3 is 2.26 bits per heavy atom. The van der Waals surface area contributed by atoms with Gasteiger partial charge in [-0.25, -0.2) is 0 Å². The number of ether oxygens (including phenoxy) is 1. The van der Waals surface area contributed by atoms with Crippen LogP contribution in [0.1, 0.15) is 15.9 Å². The van der Waals surface area contributed by atoms with Gasteiger partial charge in [-0.05, 0) is 79.3 Å². The molecular formula is C21H17BrN2O2S. The van der Waals surface area contributed by atoms with Gasteiger partial charge in [-0.2, -0.15) is 0 Å². The summed E-state index contributed by atoms with van der Waals surface area (Å²) < 4.78 is 6.58. The van der Waals surface area contributed by atoms with Crippen molar-refractivity contribution in [3.63, 3.8) is 0 Å². The molecule has 0 aromatic heterocycles. The Balaban J connectivity index is 1.59. The molecule has 3 rings (SSSR count). The number of hydrogen-bond acceptors (Lipinski definition) is 3. The Morgan fingerprint density at radius 1 is 0.926 bits per heavy atom. The molecule has 3 aromatic rings. The van der Waals surface area contributed by atoms with Crippen LogP contribution in [0.2, 0.25) is 0 Å². The van der Waals surface area contributed by atoms with E-state index in [-0.39, 0.29) is 11.1 Å². The van der Waals surface area contributed by atoms with Crippen molar-refractivity contribution in [1.82, 2.24) is 0 Å². The number of carbonyl (C=O) groups excluding carboxylic acids is 1. The Hall–Kier alpha value is -2.70. The number of halogens is 1. The van der Waals surface area contributed by atoms with E-state index in [4.69, 9.17) is 17.0 Å². The highest BCUT2D eigenvalue weighted by Crippen LogP contribution is 2.18. The molecule has 0 saturated heterocycles. The van der Waals surface area contributed by atoms with Crippen LogP contribution in [0.15, 0.2) is 77.3 Å². The third-order valence-corrected chi connectivity index (χ3v) is 4.53. The summed E-state index contributed by atoms with van der Waals surface area (Å²) in [6, 6.07) is 22.1. The molecule has 6 heteroatoms. The van der Waals surface area contributed by atoms with Crippen LogP contribution in [0, 0.1) is 6.92 Å². The zero-order valence-electron chi connectivity index (χ0n) is 14.5. The zero-order valence-corrected chi connectivity index (χ0v) is 16.9. The molecule has 0 bridgehead atoms. The molecule has 0 spiro atoms. The maximum absolute atomic E-state index is 12.4. The number of rotatable bonds is 4. The summed E-state index contributed by atoms with van der Waals surface area (Å²) in [7, 11) is 0. The molecule has 0 radical (unpaired) electrons. The molecule has 0 atom stereocenters. The molecule has 136 valence electrons. The lowest BCUT2D eigenvalue weighted by Gasteiger charge is -2.11. The van der Waals surface area contributed by atoms with Gasteiger partial charge in [-0.1, -0.05) is 34.1 Å². The SMILES string of the molecule is Cc1ccccc1NC(=O)c1ccc(OC(=S)Nc2ccc(Br)cc2)cc1. The predicted octanol–water partition coefficient (Wildman–Crippen LogP) is 5.79. The molecule has 2 N–H and O–H groups in total. The van der Waals surface area contributed by atoms with Crippen molar-refractivity contribution >= 4 is 50.6 Å². The highest BCUT2D eigenvalue weighted by atomic mass is 79.9. The summed E-state index contributed by atoms with van der Waals surface area (Å²) in [5.41, 5.74) is 3.17. The third kappa shape index (κ3) is 5.39. The highest BCUT2D eigenvalue weighted by molar-refractivity contribution is 9.10. The lowest BCUT2D eigenvalue weighted by Crippen LogP contribution is -2.16. The Morgan fingerprint density at radius 2 is 1.59 bits per heavy atom. The molecule has 0 unspecified atom stereocenters. The first kappa shape index (κ1) is 19.1. The van der Waals surface area contributed by atoms with E-state index in [0.717, 1.165) is 21.4 Å². The summed E-state index contributed by atoms with van der Waals surface area (Å²) in [5.74, 6) is 0.378. The van der Waals surface area contributed by atoms with E-state index >= 15 is 0 Å². The number of thiocarbonyl (C=S) groups is 1. The minimum Gasteiger partial charge on any atom is -0.432 e. The predicted molar refractivity (Wildman–Crippen MR) is 117 cm³/mol. The van der Waals surface area contributed by atoms with Crippen LogP contribution in [-0.4, -0.2) is 11.1 Å². The molecule has 0 aliphatic heterocycles. The number of amides is 1. The van der Waals surface area contributed by atoms with E-state index in [0.29, 0.717) is 11.3 Å². The largest absolute Gasteiger partial charge is 0.432 e. The normalized spacial score (nSPS) is 10.1. The fourth-order valence-electron chi connectivity index (χ4n) is 2.37. The molecule has 4 nitrogen and oxygen atoms in total. The van der Waals surface area contributed by atoms with Crippen molar-refractivity contribution in [3.8, 4) is 5.75 Å². The third-order valence-electron chi connectivity index (χ3n) is 3.81. The Labute approximate surface area is 171 Å². The fraction of sp³-hybridized carbons (Fsp3) is 0.0476. The van der Waals surface area contributed by atoms with Gasteiger partial charge in [0.1, 0.15) is 5.75 Å². The second-order valence-electron chi connectivity index (χ2n) is 5.81. The van der Waals surface area contributed by atoms with Crippen molar-refractivity contribution in [1.29, 1.82) is 0 Å². The van der Waals surface area contributed by atoms with Gasteiger partial charge in [-0.15, -0.1) is 0 Å². The second kappa shape index (κ2) is 8.79. The van der Waals surface area contributed by atoms with Crippen LogP contribution in [0.4, 0.5) is 11.4 Å². The number of benzene rings is 3. The van der Waals surface area contributed by atoms with E-state index in [1.54, 1.807) is 24.3 Å². The van der Waals surface area contributed by atoms with E-state index < -0.39 is 0 Å². The van der Waals surface area contributed by atoms with Crippen LogP contribution in [0.3, 0.4) is 0 Å². The van der Waals surface area contributed by atoms with Gasteiger partial charge in [-0.3, -0.25) is 4.79 Å². The van der Waals surface area contributed by atoms with E-state index in [9.17, 15) is 4.79 Å². The molecule has 27 heavy (non-hydrogen) atoms. The second-order valence-corrected chi connectivity index (χ2v) is 7.10. The highest BCUT2D eigenvalue weighted by Gasteiger charge is 2.08. The van der Waals surface area contributed by atoms with Crippen molar-refractivity contribution < 1.29 is 9.53 Å². The van der Waals surface area contributed by atoms with Crippen LogP contribution < -0.4 is 15.4 Å². The average molecular weight is 441 g/mol.